The number of benzene rings is 2. The van der Waals surface area contributed by atoms with Crippen LogP contribution in [0.15, 0.2) is 48.5 Å². The molecule has 1 amide bonds. The molecule has 0 spiro atoms. The van der Waals surface area contributed by atoms with Crippen LogP contribution in [-0.2, 0) is 17.6 Å². The van der Waals surface area contributed by atoms with Gasteiger partial charge in [-0.25, -0.2) is 4.39 Å². The second-order valence-corrected chi connectivity index (χ2v) is 5.52. The van der Waals surface area contributed by atoms with E-state index in [-0.39, 0.29) is 18.1 Å². The molecule has 1 aliphatic heterocycles. The number of carbonyl (C=O) groups excluding carboxylic acids is 1. The van der Waals surface area contributed by atoms with Crippen molar-refractivity contribution in [2.24, 2.45) is 0 Å². The Morgan fingerprint density at radius 1 is 1.14 bits per heavy atom. The molecule has 1 heterocycles. The summed E-state index contributed by atoms with van der Waals surface area (Å²) in [5.74, 6) is -0.309. The number of para-hydroxylation sites is 1. The lowest BCUT2D eigenvalue weighted by Gasteiger charge is -2.19. The second kappa shape index (κ2) is 6.60. The topological polar surface area (TPSA) is 32.3 Å². The van der Waals surface area contributed by atoms with Crippen LogP contribution in [0.4, 0.5) is 10.1 Å². The lowest BCUT2D eigenvalue weighted by atomic mass is 10.1. The summed E-state index contributed by atoms with van der Waals surface area (Å²) >= 11 is 0. The zero-order chi connectivity index (χ0) is 15.4. The van der Waals surface area contributed by atoms with Crippen molar-refractivity contribution in [1.29, 1.82) is 0 Å². The smallest absolute Gasteiger partial charge is 0.224 e. The molecular weight excluding hydrogens is 279 g/mol. The Morgan fingerprint density at radius 2 is 1.91 bits per heavy atom. The van der Waals surface area contributed by atoms with Crippen molar-refractivity contribution < 1.29 is 9.18 Å². The molecule has 0 aliphatic carbocycles. The first kappa shape index (κ1) is 14.6. The number of halogens is 1. The average Bonchev–Trinajstić information content (AvgIpc) is 2.93. The number of nitrogens with zero attached hydrogens (tertiary/aromatic N) is 1. The third kappa shape index (κ3) is 3.45. The molecule has 0 bridgehead atoms. The van der Waals surface area contributed by atoms with Gasteiger partial charge in [-0.2, -0.15) is 0 Å². The van der Waals surface area contributed by atoms with Crippen molar-refractivity contribution in [1.82, 2.24) is 5.32 Å². The lowest BCUT2D eigenvalue weighted by molar-refractivity contribution is -0.120. The molecular formula is C18H19FN2O. The number of amides is 1. The van der Waals surface area contributed by atoms with Crippen LogP contribution in [0.25, 0.3) is 0 Å². The van der Waals surface area contributed by atoms with Gasteiger partial charge in [0.05, 0.1) is 6.42 Å². The monoisotopic (exact) mass is 298 g/mol. The van der Waals surface area contributed by atoms with E-state index in [0.717, 1.165) is 25.1 Å². The molecule has 0 aromatic heterocycles. The van der Waals surface area contributed by atoms with Crippen molar-refractivity contribution in [3.8, 4) is 0 Å². The summed E-state index contributed by atoms with van der Waals surface area (Å²) in [6.45, 7) is 2.44. The fourth-order valence-electron chi connectivity index (χ4n) is 2.82. The van der Waals surface area contributed by atoms with E-state index in [9.17, 15) is 9.18 Å². The zero-order valence-electron chi connectivity index (χ0n) is 12.4. The molecule has 0 radical (unpaired) electrons. The predicted octanol–water partition coefficient (Wildman–Crippen LogP) is 2.55. The van der Waals surface area contributed by atoms with Gasteiger partial charge in [0.1, 0.15) is 5.82 Å². The van der Waals surface area contributed by atoms with Gasteiger partial charge in [0, 0.05) is 25.3 Å². The van der Waals surface area contributed by atoms with Crippen LogP contribution in [0.1, 0.15) is 11.1 Å². The molecule has 1 N–H and O–H groups in total. The molecule has 0 unspecified atom stereocenters. The van der Waals surface area contributed by atoms with E-state index in [1.807, 2.05) is 6.07 Å². The standard InChI is InChI=1S/C18H19FN2O/c19-16-7-5-14(6-8-16)13-18(22)20-10-12-21-11-9-15-3-1-2-4-17(15)21/h1-8H,9-13H2,(H,20,22). The van der Waals surface area contributed by atoms with Gasteiger partial charge in [-0.05, 0) is 35.7 Å². The van der Waals surface area contributed by atoms with E-state index in [4.69, 9.17) is 0 Å². The zero-order valence-corrected chi connectivity index (χ0v) is 12.4. The van der Waals surface area contributed by atoms with Gasteiger partial charge < -0.3 is 10.2 Å². The van der Waals surface area contributed by atoms with Crippen molar-refractivity contribution >= 4 is 11.6 Å². The Labute approximate surface area is 129 Å². The Morgan fingerprint density at radius 3 is 2.73 bits per heavy atom. The molecule has 0 saturated carbocycles. The number of nitrogens with one attached hydrogen (secondary N) is 1. The highest BCUT2D eigenvalue weighted by atomic mass is 19.1. The third-order valence-electron chi connectivity index (χ3n) is 3.97. The summed E-state index contributed by atoms with van der Waals surface area (Å²) in [5.41, 5.74) is 3.47. The minimum Gasteiger partial charge on any atom is -0.369 e. The van der Waals surface area contributed by atoms with Gasteiger partial charge in [0.2, 0.25) is 5.91 Å². The van der Waals surface area contributed by atoms with Crippen LogP contribution < -0.4 is 10.2 Å². The number of carbonyl (C=O) groups is 1. The summed E-state index contributed by atoms with van der Waals surface area (Å²) in [5, 5.41) is 2.93. The van der Waals surface area contributed by atoms with Crippen LogP contribution in [0.3, 0.4) is 0 Å². The summed E-state index contributed by atoms with van der Waals surface area (Å²) in [6.07, 6.45) is 1.36. The van der Waals surface area contributed by atoms with E-state index in [1.54, 1.807) is 12.1 Å². The van der Waals surface area contributed by atoms with Crippen molar-refractivity contribution in [3.63, 3.8) is 0 Å². The molecule has 0 fully saturated rings. The first-order chi connectivity index (χ1) is 10.7. The number of hydrogen-bond donors (Lipinski definition) is 1. The molecule has 3 rings (SSSR count). The molecule has 22 heavy (non-hydrogen) atoms. The number of anilines is 1. The summed E-state index contributed by atoms with van der Waals surface area (Å²) in [7, 11) is 0. The van der Waals surface area contributed by atoms with Gasteiger partial charge in [0.25, 0.3) is 0 Å². The molecule has 0 atom stereocenters. The van der Waals surface area contributed by atoms with Gasteiger partial charge in [-0.1, -0.05) is 30.3 Å². The van der Waals surface area contributed by atoms with Crippen LogP contribution in [-0.4, -0.2) is 25.5 Å². The normalized spacial score (nSPS) is 13.0. The van der Waals surface area contributed by atoms with Gasteiger partial charge in [-0.15, -0.1) is 0 Å². The van der Waals surface area contributed by atoms with Gasteiger partial charge >= 0.3 is 0 Å². The van der Waals surface area contributed by atoms with Crippen LogP contribution in [0, 0.1) is 5.82 Å². The number of rotatable bonds is 5. The first-order valence-electron chi connectivity index (χ1n) is 7.56. The highest BCUT2D eigenvalue weighted by Gasteiger charge is 2.17. The summed E-state index contributed by atoms with van der Waals surface area (Å²) in [6, 6.07) is 14.4. The quantitative estimate of drug-likeness (QED) is 0.920. The average molecular weight is 298 g/mol. The van der Waals surface area contributed by atoms with Gasteiger partial charge in [-0.3, -0.25) is 4.79 Å². The molecule has 1 aliphatic rings. The largest absolute Gasteiger partial charge is 0.369 e. The first-order valence-corrected chi connectivity index (χ1v) is 7.56. The number of fused-ring (bicyclic) bond motifs is 1. The van der Waals surface area contributed by atoms with Crippen molar-refractivity contribution in [2.75, 3.05) is 24.5 Å². The minimum absolute atomic E-state index is 0.0286. The molecule has 2 aromatic carbocycles. The third-order valence-corrected chi connectivity index (χ3v) is 3.97. The predicted molar refractivity (Wildman–Crippen MR) is 85.5 cm³/mol. The fourth-order valence-corrected chi connectivity index (χ4v) is 2.82. The number of hydrogen-bond acceptors (Lipinski definition) is 2. The SMILES string of the molecule is O=C(Cc1ccc(F)cc1)NCCN1CCc2ccccc21. The lowest BCUT2D eigenvalue weighted by Crippen LogP contribution is -2.34. The molecule has 2 aromatic rings. The molecule has 4 heteroatoms. The van der Waals surface area contributed by atoms with Crippen molar-refractivity contribution in [2.45, 2.75) is 12.8 Å². The molecule has 3 nitrogen and oxygen atoms in total. The molecule has 114 valence electrons. The summed E-state index contributed by atoms with van der Waals surface area (Å²) < 4.78 is 12.8. The van der Waals surface area contributed by atoms with E-state index in [0.29, 0.717) is 6.54 Å². The van der Waals surface area contributed by atoms with Crippen LogP contribution in [0.5, 0.6) is 0 Å². The maximum absolute atomic E-state index is 12.8. The highest BCUT2D eigenvalue weighted by Crippen LogP contribution is 2.26. The Balaban J connectivity index is 1.45. The maximum atomic E-state index is 12.8. The molecule has 0 saturated heterocycles. The van der Waals surface area contributed by atoms with Crippen LogP contribution >= 0.6 is 0 Å². The van der Waals surface area contributed by atoms with E-state index in [1.165, 1.54) is 23.4 Å². The highest BCUT2D eigenvalue weighted by molar-refractivity contribution is 5.78. The minimum atomic E-state index is -0.281. The summed E-state index contributed by atoms with van der Waals surface area (Å²) in [4.78, 5) is 14.2. The Bertz CT molecular complexity index is 654. The van der Waals surface area contributed by atoms with Gasteiger partial charge in [0.15, 0.2) is 0 Å². The van der Waals surface area contributed by atoms with E-state index < -0.39 is 0 Å². The van der Waals surface area contributed by atoms with Crippen LogP contribution in [0.2, 0.25) is 0 Å². The van der Waals surface area contributed by atoms with Crippen molar-refractivity contribution in [3.05, 3.63) is 65.5 Å². The van der Waals surface area contributed by atoms with E-state index >= 15 is 0 Å². The van der Waals surface area contributed by atoms with E-state index in [2.05, 4.69) is 28.4 Å². The Kier molecular flexibility index (Phi) is 4.37. The fraction of sp³-hybridized carbons (Fsp3) is 0.278. The Hall–Kier alpha value is -2.36. The second-order valence-electron chi connectivity index (χ2n) is 5.52. The maximum Gasteiger partial charge on any atom is 0.224 e.